The Kier molecular flexibility index (Phi) is 7.31. The molecule has 1 saturated carbocycles. The molecule has 0 aliphatic heterocycles. The number of esters is 1. The monoisotopic (exact) mass is 382 g/mol. The second-order valence-electron chi connectivity index (χ2n) is 9.02. The molecule has 0 heterocycles. The first-order valence-corrected chi connectivity index (χ1v) is 10.8. The van der Waals surface area contributed by atoms with E-state index in [9.17, 15) is 4.79 Å². The Bertz CT molecular complexity index is 727. The number of ether oxygens (including phenoxy) is 1. The second-order valence-corrected chi connectivity index (χ2v) is 9.02. The van der Waals surface area contributed by atoms with Crippen molar-refractivity contribution in [1.82, 2.24) is 0 Å². The fraction of sp³-hybridized carbons (Fsp3) is 0.577. The van der Waals surface area contributed by atoms with Crippen LogP contribution in [0.3, 0.4) is 0 Å². The first-order chi connectivity index (χ1) is 13.1. The molecule has 1 aliphatic carbocycles. The van der Waals surface area contributed by atoms with Crippen molar-refractivity contribution < 1.29 is 9.53 Å². The fourth-order valence-corrected chi connectivity index (χ4v) is 4.38. The van der Waals surface area contributed by atoms with Crippen LogP contribution in [0.5, 0.6) is 0 Å². The second kappa shape index (κ2) is 9.11. The van der Waals surface area contributed by atoms with Crippen LogP contribution in [0.4, 0.5) is 0 Å². The van der Waals surface area contributed by atoms with Crippen molar-refractivity contribution in [1.29, 1.82) is 0 Å². The topological polar surface area (TPSA) is 26.3 Å². The van der Waals surface area contributed by atoms with Crippen LogP contribution in [-0.2, 0) is 14.9 Å². The zero-order valence-electron chi connectivity index (χ0n) is 19.0. The number of hydrogen-bond acceptors (Lipinski definition) is 2. The van der Waals surface area contributed by atoms with E-state index < -0.39 is 0 Å². The third-order valence-electron chi connectivity index (χ3n) is 6.36. The van der Waals surface area contributed by atoms with Crippen LogP contribution in [0.15, 0.2) is 42.0 Å². The third kappa shape index (κ3) is 4.77. The summed E-state index contributed by atoms with van der Waals surface area (Å²) < 4.78 is 5.01. The predicted molar refractivity (Wildman–Crippen MR) is 119 cm³/mol. The molecule has 2 nitrogen and oxygen atoms in total. The maximum Gasteiger partial charge on any atom is 0.330 e. The van der Waals surface area contributed by atoms with E-state index in [1.165, 1.54) is 16.7 Å². The van der Waals surface area contributed by atoms with Crippen LogP contribution in [0, 0.1) is 11.8 Å². The molecule has 0 radical (unpaired) electrons. The summed E-state index contributed by atoms with van der Waals surface area (Å²) >= 11 is 0. The Morgan fingerprint density at radius 3 is 2.14 bits per heavy atom. The lowest BCUT2D eigenvalue weighted by atomic mass is 9.85. The molecule has 0 bridgehead atoms. The standard InChI is InChI=1S/C26H38O2/c1-9-23-24(12-11-19(7)13-25(27)28-10-2)26(23,8)22-15-20(17(3)4)14-21(16-22)18(5)6/h11-18,23-24H,9-10H2,1-8H3/b12-11+,19-13+/t23-,24+,26-/m0/s1. The zero-order chi connectivity index (χ0) is 21.1. The normalized spacial score (nSPS) is 25.0. The maximum absolute atomic E-state index is 11.7. The molecular weight excluding hydrogens is 344 g/mol. The van der Waals surface area contributed by atoms with Crippen molar-refractivity contribution in [2.24, 2.45) is 11.8 Å². The molecule has 0 aromatic heterocycles. The van der Waals surface area contributed by atoms with E-state index >= 15 is 0 Å². The van der Waals surface area contributed by atoms with Crippen molar-refractivity contribution in [2.75, 3.05) is 6.61 Å². The Labute approximate surface area is 172 Å². The highest BCUT2D eigenvalue weighted by molar-refractivity contribution is 5.83. The molecule has 0 amide bonds. The SMILES string of the molecule is CCOC(=O)/C=C(C)/C=C/[C@@H]1[C@H](CC)[C@]1(C)c1cc(C(C)C)cc(C(C)C)c1. The van der Waals surface area contributed by atoms with Gasteiger partial charge in [-0.3, -0.25) is 0 Å². The summed E-state index contributed by atoms with van der Waals surface area (Å²) in [5.74, 6) is 1.95. The summed E-state index contributed by atoms with van der Waals surface area (Å²) in [6.07, 6.45) is 7.13. The zero-order valence-corrected chi connectivity index (χ0v) is 19.0. The van der Waals surface area contributed by atoms with Crippen LogP contribution in [0.1, 0.15) is 90.3 Å². The molecule has 2 rings (SSSR count). The van der Waals surface area contributed by atoms with Crippen molar-refractivity contribution in [2.45, 2.75) is 79.1 Å². The smallest absolute Gasteiger partial charge is 0.330 e. The number of allylic oxidation sites excluding steroid dienone is 3. The first-order valence-electron chi connectivity index (χ1n) is 10.8. The van der Waals surface area contributed by atoms with E-state index in [-0.39, 0.29) is 11.4 Å². The van der Waals surface area contributed by atoms with Crippen LogP contribution >= 0.6 is 0 Å². The molecule has 2 heteroatoms. The Balaban J connectivity index is 2.32. The van der Waals surface area contributed by atoms with Crippen LogP contribution in [0.2, 0.25) is 0 Å². The molecule has 0 spiro atoms. The van der Waals surface area contributed by atoms with Crippen molar-refractivity contribution >= 4 is 5.97 Å². The van der Waals surface area contributed by atoms with Gasteiger partial charge in [0.2, 0.25) is 0 Å². The van der Waals surface area contributed by atoms with Crippen molar-refractivity contribution in [3.05, 3.63) is 58.7 Å². The average molecular weight is 383 g/mol. The summed E-state index contributed by atoms with van der Waals surface area (Å²) in [6.45, 7) is 18.0. The van der Waals surface area contributed by atoms with Gasteiger partial charge in [-0.05, 0) is 59.8 Å². The molecule has 0 unspecified atom stereocenters. The highest BCUT2D eigenvalue weighted by Crippen LogP contribution is 2.62. The van der Waals surface area contributed by atoms with Gasteiger partial charge in [-0.1, -0.05) is 78.3 Å². The Morgan fingerprint density at radius 1 is 1.11 bits per heavy atom. The van der Waals surface area contributed by atoms with Gasteiger partial charge in [0.15, 0.2) is 0 Å². The Morgan fingerprint density at radius 2 is 1.68 bits per heavy atom. The number of rotatable bonds is 8. The average Bonchev–Trinajstić information content (AvgIpc) is 3.24. The minimum absolute atomic E-state index is 0.171. The number of carbonyl (C=O) groups is 1. The van der Waals surface area contributed by atoms with Gasteiger partial charge in [-0.2, -0.15) is 0 Å². The largest absolute Gasteiger partial charge is 0.463 e. The van der Waals surface area contributed by atoms with Gasteiger partial charge in [0.25, 0.3) is 0 Å². The van der Waals surface area contributed by atoms with Gasteiger partial charge in [-0.25, -0.2) is 4.79 Å². The van der Waals surface area contributed by atoms with Gasteiger partial charge in [0.1, 0.15) is 0 Å². The minimum Gasteiger partial charge on any atom is -0.463 e. The quantitative estimate of drug-likeness (QED) is 0.277. The number of carbonyl (C=O) groups excluding carboxylic acids is 1. The molecule has 1 aliphatic rings. The van der Waals surface area contributed by atoms with Gasteiger partial charge in [0, 0.05) is 11.5 Å². The number of benzene rings is 1. The van der Waals surface area contributed by atoms with Gasteiger partial charge >= 0.3 is 5.97 Å². The predicted octanol–water partition coefficient (Wildman–Crippen LogP) is 6.91. The third-order valence-corrected chi connectivity index (χ3v) is 6.36. The first kappa shape index (κ1) is 22.5. The Hall–Kier alpha value is -1.83. The van der Waals surface area contributed by atoms with E-state index in [1.807, 2.05) is 13.8 Å². The van der Waals surface area contributed by atoms with Crippen molar-refractivity contribution in [3.63, 3.8) is 0 Å². The highest BCUT2D eigenvalue weighted by Gasteiger charge is 2.59. The lowest BCUT2D eigenvalue weighted by molar-refractivity contribution is -0.137. The lowest BCUT2D eigenvalue weighted by Crippen LogP contribution is -2.09. The minimum atomic E-state index is -0.263. The van der Waals surface area contributed by atoms with E-state index in [2.05, 4.69) is 71.9 Å². The van der Waals surface area contributed by atoms with Gasteiger partial charge < -0.3 is 4.74 Å². The summed E-state index contributed by atoms with van der Waals surface area (Å²) in [5.41, 5.74) is 5.46. The summed E-state index contributed by atoms with van der Waals surface area (Å²) in [4.78, 5) is 11.7. The lowest BCUT2D eigenvalue weighted by Gasteiger charge is -2.19. The maximum atomic E-state index is 11.7. The molecule has 3 atom stereocenters. The summed E-state index contributed by atoms with van der Waals surface area (Å²) in [5, 5.41) is 0. The molecule has 0 saturated heterocycles. The molecule has 154 valence electrons. The van der Waals surface area contributed by atoms with Gasteiger partial charge in [0.05, 0.1) is 6.61 Å². The summed E-state index contributed by atoms with van der Waals surface area (Å²) in [7, 11) is 0. The van der Waals surface area contributed by atoms with Crippen molar-refractivity contribution in [3.8, 4) is 0 Å². The van der Waals surface area contributed by atoms with Crippen LogP contribution in [0.25, 0.3) is 0 Å². The molecule has 1 aromatic rings. The molecular formula is C26H38O2. The van der Waals surface area contributed by atoms with E-state index in [0.29, 0.717) is 30.3 Å². The highest BCUT2D eigenvalue weighted by atomic mass is 16.5. The van der Waals surface area contributed by atoms with E-state index in [0.717, 1.165) is 12.0 Å². The molecule has 0 N–H and O–H groups in total. The number of hydrogen-bond donors (Lipinski definition) is 0. The van der Waals surface area contributed by atoms with E-state index in [1.54, 1.807) is 6.08 Å². The fourth-order valence-electron chi connectivity index (χ4n) is 4.38. The molecule has 28 heavy (non-hydrogen) atoms. The van der Waals surface area contributed by atoms with Gasteiger partial charge in [-0.15, -0.1) is 0 Å². The van der Waals surface area contributed by atoms with Crippen LogP contribution in [-0.4, -0.2) is 12.6 Å². The molecule has 1 aromatic carbocycles. The van der Waals surface area contributed by atoms with Crippen LogP contribution < -0.4 is 0 Å². The van der Waals surface area contributed by atoms with E-state index in [4.69, 9.17) is 4.74 Å². The summed E-state index contributed by atoms with van der Waals surface area (Å²) in [6, 6.07) is 7.23. The molecule has 1 fully saturated rings.